The maximum Gasteiger partial charge on any atom is 0.0802 e. The van der Waals surface area contributed by atoms with Gasteiger partial charge in [-0.05, 0) is 26.1 Å². The zero-order chi connectivity index (χ0) is 14.3. The minimum atomic E-state index is -0.982. The predicted molar refractivity (Wildman–Crippen MR) is 79.0 cm³/mol. The van der Waals surface area contributed by atoms with Crippen LogP contribution in [0.15, 0.2) is 30.3 Å². The fourth-order valence-electron chi connectivity index (χ4n) is 2.04. The molecule has 1 rings (SSSR count). The molecule has 0 aliphatic heterocycles. The Labute approximate surface area is 120 Å². The summed E-state index contributed by atoms with van der Waals surface area (Å²) in [6, 6.07) is 9.44. The second-order valence-electron chi connectivity index (χ2n) is 4.88. The van der Waals surface area contributed by atoms with Crippen LogP contribution in [0.5, 0.6) is 0 Å². The van der Waals surface area contributed by atoms with Gasteiger partial charge in [0.25, 0.3) is 0 Å². The Hall–Kier alpha value is -1.00. The summed E-state index contributed by atoms with van der Waals surface area (Å²) in [5, 5.41) is 11.7. The molecule has 0 aliphatic carbocycles. The standard InChI is InChI=1S/C15H23NO2S/c1-4-10-15(14(17)18,19-12-11-16(2)3)13-8-6-5-7-9-13/h5-9H,4,10-12H2,1-3H3,(H,17,18)/p-1. The van der Waals surface area contributed by atoms with Crippen molar-refractivity contribution in [3.8, 4) is 0 Å². The SMILES string of the molecule is CCCC(SCCN(C)C)(C(=O)[O-])c1ccccc1. The van der Waals surface area contributed by atoms with Crippen molar-refractivity contribution in [2.75, 3.05) is 26.4 Å². The van der Waals surface area contributed by atoms with Crippen LogP contribution >= 0.6 is 11.8 Å². The van der Waals surface area contributed by atoms with Crippen molar-refractivity contribution >= 4 is 17.7 Å². The number of benzene rings is 1. The van der Waals surface area contributed by atoms with Crippen LogP contribution in [0, 0.1) is 0 Å². The first-order chi connectivity index (χ1) is 9.03. The molecule has 1 aromatic carbocycles. The fraction of sp³-hybridized carbons (Fsp3) is 0.533. The van der Waals surface area contributed by atoms with Crippen LogP contribution in [0.3, 0.4) is 0 Å². The summed E-state index contributed by atoms with van der Waals surface area (Å²) in [5.74, 6) is -0.208. The van der Waals surface area contributed by atoms with E-state index >= 15 is 0 Å². The van der Waals surface area contributed by atoms with Crippen molar-refractivity contribution in [2.24, 2.45) is 0 Å². The highest BCUT2D eigenvalue weighted by Gasteiger charge is 2.33. The van der Waals surface area contributed by atoms with Crippen LogP contribution in [-0.2, 0) is 9.54 Å². The lowest BCUT2D eigenvalue weighted by Gasteiger charge is -2.35. The molecule has 0 aliphatic rings. The van der Waals surface area contributed by atoms with E-state index in [4.69, 9.17) is 0 Å². The van der Waals surface area contributed by atoms with Crippen LogP contribution in [-0.4, -0.2) is 37.3 Å². The molecule has 3 nitrogen and oxygen atoms in total. The summed E-state index contributed by atoms with van der Waals surface area (Å²) in [6.07, 6.45) is 1.41. The van der Waals surface area contributed by atoms with Gasteiger partial charge in [-0.2, -0.15) is 0 Å². The fourth-order valence-corrected chi connectivity index (χ4v) is 3.61. The van der Waals surface area contributed by atoms with E-state index in [-0.39, 0.29) is 0 Å². The van der Waals surface area contributed by atoms with Gasteiger partial charge in [0, 0.05) is 12.3 Å². The molecular weight excluding hydrogens is 258 g/mol. The lowest BCUT2D eigenvalue weighted by Crippen LogP contribution is -2.44. The zero-order valence-electron chi connectivity index (χ0n) is 11.9. The molecule has 0 bridgehead atoms. The average Bonchev–Trinajstić information content (AvgIpc) is 2.38. The number of thioether (sulfide) groups is 1. The third-order valence-corrected chi connectivity index (χ3v) is 4.54. The second-order valence-corrected chi connectivity index (χ2v) is 6.28. The number of nitrogens with zero attached hydrogens (tertiary/aromatic N) is 1. The van der Waals surface area contributed by atoms with Crippen molar-refractivity contribution in [1.29, 1.82) is 0 Å². The Morgan fingerprint density at radius 2 is 1.95 bits per heavy atom. The number of carboxylic acid groups (broad SMARTS) is 1. The topological polar surface area (TPSA) is 43.4 Å². The Balaban J connectivity index is 2.97. The lowest BCUT2D eigenvalue weighted by atomic mass is 9.93. The van der Waals surface area contributed by atoms with E-state index in [2.05, 4.69) is 4.90 Å². The first-order valence-electron chi connectivity index (χ1n) is 6.58. The van der Waals surface area contributed by atoms with Gasteiger partial charge in [0.15, 0.2) is 0 Å². The molecule has 0 saturated carbocycles. The molecular formula is C15H22NO2S-. The molecule has 0 aromatic heterocycles. The van der Waals surface area contributed by atoms with E-state index in [1.54, 1.807) is 0 Å². The minimum absolute atomic E-state index is 0.595. The van der Waals surface area contributed by atoms with Gasteiger partial charge < -0.3 is 14.8 Å². The van der Waals surface area contributed by atoms with E-state index in [1.165, 1.54) is 11.8 Å². The molecule has 1 atom stereocenters. The first-order valence-corrected chi connectivity index (χ1v) is 7.57. The number of carbonyl (C=O) groups is 1. The third-order valence-electron chi connectivity index (χ3n) is 3.06. The number of aliphatic carboxylic acids is 1. The molecule has 0 amide bonds. The van der Waals surface area contributed by atoms with Gasteiger partial charge in [0.05, 0.1) is 10.7 Å². The molecule has 106 valence electrons. The number of carboxylic acids is 1. The first kappa shape index (κ1) is 16.1. The Kier molecular flexibility index (Phi) is 6.38. The molecule has 4 heteroatoms. The smallest absolute Gasteiger partial charge is 0.0802 e. The Bertz CT molecular complexity index is 394. The number of hydrogen-bond donors (Lipinski definition) is 0. The van der Waals surface area contributed by atoms with E-state index in [1.807, 2.05) is 51.4 Å². The molecule has 19 heavy (non-hydrogen) atoms. The molecule has 0 spiro atoms. The number of hydrogen-bond acceptors (Lipinski definition) is 4. The maximum absolute atomic E-state index is 11.7. The number of carbonyl (C=O) groups excluding carboxylic acids is 1. The van der Waals surface area contributed by atoms with E-state index in [9.17, 15) is 9.90 Å². The van der Waals surface area contributed by atoms with Crippen LogP contribution in [0.4, 0.5) is 0 Å². The van der Waals surface area contributed by atoms with E-state index < -0.39 is 10.7 Å². The van der Waals surface area contributed by atoms with Crippen molar-refractivity contribution < 1.29 is 9.90 Å². The average molecular weight is 280 g/mol. The van der Waals surface area contributed by atoms with Crippen LogP contribution in [0.1, 0.15) is 25.3 Å². The monoisotopic (exact) mass is 280 g/mol. The normalized spacial score (nSPS) is 14.3. The van der Waals surface area contributed by atoms with E-state index in [0.29, 0.717) is 6.42 Å². The summed E-state index contributed by atoms with van der Waals surface area (Å²) in [6.45, 7) is 2.86. The van der Waals surface area contributed by atoms with Gasteiger partial charge in [0.2, 0.25) is 0 Å². The van der Waals surface area contributed by atoms with Gasteiger partial charge in [0.1, 0.15) is 0 Å². The second kappa shape index (κ2) is 7.56. The van der Waals surface area contributed by atoms with Gasteiger partial charge in [-0.1, -0.05) is 43.7 Å². The quantitative estimate of drug-likeness (QED) is 0.727. The highest BCUT2D eigenvalue weighted by atomic mass is 32.2. The molecule has 0 fully saturated rings. The summed E-state index contributed by atoms with van der Waals surface area (Å²) in [5.41, 5.74) is 0.834. The molecule has 0 heterocycles. The summed E-state index contributed by atoms with van der Waals surface area (Å²) in [7, 11) is 3.98. The Morgan fingerprint density at radius 1 is 1.32 bits per heavy atom. The van der Waals surface area contributed by atoms with Gasteiger partial charge in [-0.3, -0.25) is 0 Å². The highest BCUT2D eigenvalue weighted by Crippen LogP contribution is 2.40. The summed E-state index contributed by atoms with van der Waals surface area (Å²) in [4.78, 5) is 13.8. The van der Waals surface area contributed by atoms with Crippen LogP contribution < -0.4 is 5.11 Å². The Morgan fingerprint density at radius 3 is 2.42 bits per heavy atom. The molecule has 0 saturated heterocycles. The van der Waals surface area contributed by atoms with Gasteiger partial charge in [-0.15, -0.1) is 11.8 Å². The largest absolute Gasteiger partial charge is 0.548 e. The van der Waals surface area contributed by atoms with Crippen molar-refractivity contribution in [2.45, 2.75) is 24.5 Å². The van der Waals surface area contributed by atoms with Crippen molar-refractivity contribution in [1.82, 2.24) is 4.90 Å². The highest BCUT2D eigenvalue weighted by molar-refractivity contribution is 8.00. The van der Waals surface area contributed by atoms with Crippen molar-refractivity contribution in [3.63, 3.8) is 0 Å². The van der Waals surface area contributed by atoms with Crippen molar-refractivity contribution in [3.05, 3.63) is 35.9 Å². The van der Waals surface area contributed by atoms with Gasteiger partial charge in [-0.25, -0.2) is 0 Å². The molecule has 1 unspecified atom stereocenters. The van der Waals surface area contributed by atoms with Crippen LogP contribution in [0.2, 0.25) is 0 Å². The van der Waals surface area contributed by atoms with Gasteiger partial charge >= 0.3 is 0 Å². The molecule has 1 aromatic rings. The minimum Gasteiger partial charge on any atom is -0.548 e. The predicted octanol–water partition coefficient (Wildman–Crippen LogP) is 1.73. The lowest BCUT2D eigenvalue weighted by molar-refractivity contribution is -0.310. The summed E-state index contributed by atoms with van der Waals surface area (Å²) < 4.78 is -0.925. The molecule has 0 N–H and O–H groups in total. The zero-order valence-corrected chi connectivity index (χ0v) is 12.7. The third kappa shape index (κ3) is 4.25. The van der Waals surface area contributed by atoms with Crippen LogP contribution in [0.25, 0.3) is 0 Å². The van der Waals surface area contributed by atoms with E-state index in [0.717, 1.165) is 24.3 Å². The summed E-state index contributed by atoms with van der Waals surface area (Å²) >= 11 is 1.48. The molecule has 0 radical (unpaired) electrons. The number of rotatable bonds is 8. The maximum atomic E-state index is 11.7.